The molecule has 46 heavy (non-hydrogen) atoms. The number of allylic oxidation sites excluding steroid dienone is 2. The fourth-order valence-corrected chi connectivity index (χ4v) is 8.81. The lowest BCUT2D eigenvalue weighted by molar-refractivity contribution is -0.385. The van der Waals surface area contributed by atoms with Gasteiger partial charge < -0.3 is 10.2 Å². The van der Waals surface area contributed by atoms with E-state index >= 15 is 0 Å². The molecule has 0 amide bonds. The highest BCUT2D eigenvalue weighted by atomic mass is 16.6. The summed E-state index contributed by atoms with van der Waals surface area (Å²) < 4.78 is 0. The minimum absolute atomic E-state index is 0.0102. The number of carbonyl (C=O) groups is 1. The molecule has 0 aromatic heterocycles. The summed E-state index contributed by atoms with van der Waals surface area (Å²) in [6.07, 6.45) is 6.67. The first-order chi connectivity index (χ1) is 21.9. The van der Waals surface area contributed by atoms with Crippen LogP contribution in [0.5, 0.6) is 0 Å². The molecule has 4 aliphatic carbocycles. The van der Waals surface area contributed by atoms with Crippen LogP contribution in [0.2, 0.25) is 0 Å². The van der Waals surface area contributed by atoms with Crippen molar-refractivity contribution in [2.75, 3.05) is 17.5 Å². The maximum absolute atomic E-state index is 13.0. The third kappa shape index (κ3) is 5.17. The number of nitrogens with zero attached hydrogens (tertiary/aromatic N) is 4. The van der Waals surface area contributed by atoms with E-state index in [4.69, 9.17) is 5.10 Å². The van der Waals surface area contributed by atoms with Crippen LogP contribution in [0.3, 0.4) is 0 Å². The first kappa shape index (κ1) is 31.5. The standard InChI is InChI=1S/C33H38N6O7/c1-31-15-13-23(36-34-21-4-8-24(9-5-21)38(43)44)17-20(31)3-12-26-27-14-16-33(42,29(41)19-40)32(27,2)18-28(30(26)31)37-35-22-6-10-25(11-7-22)39(45)46/h4-11,17,26-27,30,34-35,40,42H,3,12-16,18-19H2,1-2H3/b36-23+,37-28+. The van der Waals surface area contributed by atoms with Crippen molar-refractivity contribution in [2.24, 2.45) is 38.8 Å². The summed E-state index contributed by atoms with van der Waals surface area (Å²) in [5.74, 6) is -0.323. The molecule has 2 aromatic carbocycles. The molecule has 6 rings (SSSR count). The number of rotatable bonds is 8. The number of fused-ring (bicyclic) bond motifs is 5. The molecule has 0 spiro atoms. The number of nitro groups is 2. The Labute approximate surface area is 265 Å². The monoisotopic (exact) mass is 630 g/mol. The molecule has 4 aliphatic rings. The number of hydrogen-bond acceptors (Lipinski definition) is 11. The van der Waals surface area contributed by atoms with Gasteiger partial charge in [0.1, 0.15) is 12.2 Å². The Morgan fingerprint density at radius 1 is 0.913 bits per heavy atom. The number of aliphatic hydroxyl groups is 2. The molecule has 0 saturated heterocycles. The summed E-state index contributed by atoms with van der Waals surface area (Å²) >= 11 is 0. The minimum Gasteiger partial charge on any atom is -0.388 e. The first-order valence-corrected chi connectivity index (χ1v) is 15.6. The Kier molecular flexibility index (Phi) is 8.01. The number of nitro benzene ring substituents is 2. The zero-order valence-electron chi connectivity index (χ0n) is 25.8. The van der Waals surface area contributed by atoms with Gasteiger partial charge in [0, 0.05) is 41.3 Å². The highest BCUT2D eigenvalue weighted by molar-refractivity contribution is 5.99. The highest BCUT2D eigenvalue weighted by Crippen LogP contribution is 2.67. The SMILES string of the molecule is CC12CC/C(=N\Nc3ccc([N+](=O)[O-])cc3)C=C1CCC1C2/C(=N/Nc2ccc([N+](=O)[O-])cc2)CC2(C)C1CCC2(O)C(=O)CO. The fourth-order valence-electron chi connectivity index (χ4n) is 8.81. The number of hydrogen-bond donors (Lipinski definition) is 4. The van der Waals surface area contributed by atoms with Crippen molar-refractivity contribution in [1.82, 2.24) is 0 Å². The Bertz CT molecular complexity index is 1660. The summed E-state index contributed by atoms with van der Waals surface area (Å²) in [5, 5.41) is 53.3. The molecule has 0 aliphatic heterocycles. The van der Waals surface area contributed by atoms with Crippen LogP contribution in [-0.2, 0) is 4.79 Å². The summed E-state index contributed by atoms with van der Waals surface area (Å²) in [6, 6.07) is 12.1. The maximum Gasteiger partial charge on any atom is 0.269 e. The third-order valence-corrected chi connectivity index (χ3v) is 11.3. The average molecular weight is 631 g/mol. The molecule has 4 N–H and O–H groups in total. The zero-order valence-corrected chi connectivity index (χ0v) is 25.8. The predicted molar refractivity (Wildman–Crippen MR) is 172 cm³/mol. The van der Waals surface area contributed by atoms with E-state index in [9.17, 15) is 35.2 Å². The van der Waals surface area contributed by atoms with Crippen LogP contribution < -0.4 is 10.9 Å². The lowest BCUT2D eigenvalue weighted by Crippen LogP contribution is -2.61. The Hall–Kier alpha value is -4.49. The maximum atomic E-state index is 13.0. The summed E-state index contributed by atoms with van der Waals surface area (Å²) in [5.41, 5.74) is 7.62. The van der Waals surface area contributed by atoms with Crippen molar-refractivity contribution in [1.29, 1.82) is 0 Å². The second-order valence-electron chi connectivity index (χ2n) is 13.5. The van der Waals surface area contributed by atoms with Gasteiger partial charge in [-0.05, 0) is 92.5 Å². The van der Waals surface area contributed by atoms with E-state index in [1.807, 2.05) is 6.92 Å². The van der Waals surface area contributed by atoms with Crippen LogP contribution >= 0.6 is 0 Å². The summed E-state index contributed by atoms with van der Waals surface area (Å²) in [6.45, 7) is 3.50. The molecule has 6 atom stereocenters. The van der Waals surface area contributed by atoms with Crippen molar-refractivity contribution in [3.8, 4) is 0 Å². The fraction of sp³-hybridized carbons (Fsp3) is 0.485. The van der Waals surface area contributed by atoms with E-state index < -0.39 is 33.3 Å². The van der Waals surface area contributed by atoms with Gasteiger partial charge in [0.2, 0.25) is 0 Å². The van der Waals surface area contributed by atoms with Gasteiger partial charge in [-0.25, -0.2) is 0 Å². The van der Waals surface area contributed by atoms with Crippen molar-refractivity contribution >= 4 is 40.0 Å². The molecule has 3 saturated carbocycles. The number of carbonyl (C=O) groups excluding carboxylic acids is 1. The van der Waals surface area contributed by atoms with Crippen LogP contribution in [0.4, 0.5) is 22.7 Å². The van der Waals surface area contributed by atoms with Crippen molar-refractivity contribution < 1.29 is 24.9 Å². The molecular weight excluding hydrogens is 592 g/mol. The van der Waals surface area contributed by atoms with Crippen molar-refractivity contribution in [3.63, 3.8) is 0 Å². The van der Waals surface area contributed by atoms with Crippen molar-refractivity contribution in [2.45, 2.75) is 64.4 Å². The van der Waals surface area contributed by atoms with Gasteiger partial charge in [-0.3, -0.25) is 35.9 Å². The van der Waals surface area contributed by atoms with E-state index in [0.717, 1.165) is 30.7 Å². The number of anilines is 2. The molecule has 6 unspecified atom stereocenters. The van der Waals surface area contributed by atoms with Crippen LogP contribution in [0, 0.1) is 48.8 Å². The van der Waals surface area contributed by atoms with Crippen molar-refractivity contribution in [3.05, 3.63) is 80.4 Å². The first-order valence-electron chi connectivity index (χ1n) is 15.6. The van der Waals surface area contributed by atoms with Gasteiger partial charge in [0.15, 0.2) is 5.78 Å². The normalized spacial score (nSPS) is 33.4. The van der Waals surface area contributed by atoms with E-state index in [1.54, 1.807) is 24.3 Å². The lowest BCUT2D eigenvalue weighted by atomic mass is 9.45. The number of hydrazone groups is 2. The van der Waals surface area contributed by atoms with Gasteiger partial charge in [-0.1, -0.05) is 19.4 Å². The second kappa shape index (κ2) is 11.7. The Morgan fingerprint density at radius 2 is 1.50 bits per heavy atom. The number of non-ortho nitro benzene ring substituents is 2. The molecule has 13 heteroatoms. The van der Waals surface area contributed by atoms with E-state index in [2.05, 4.69) is 29.0 Å². The third-order valence-electron chi connectivity index (χ3n) is 11.3. The largest absolute Gasteiger partial charge is 0.388 e. The minimum atomic E-state index is -1.65. The summed E-state index contributed by atoms with van der Waals surface area (Å²) in [7, 11) is 0. The topological polar surface area (TPSA) is 193 Å². The molecule has 2 aromatic rings. The van der Waals surface area contributed by atoms with E-state index in [1.165, 1.54) is 29.8 Å². The summed E-state index contributed by atoms with van der Waals surface area (Å²) in [4.78, 5) is 34.2. The van der Waals surface area contributed by atoms with Gasteiger partial charge in [0.25, 0.3) is 11.4 Å². The number of ketones is 1. The Balaban J connectivity index is 1.33. The molecule has 242 valence electrons. The Morgan fingerprint density at radius 3 is 2.07 bits per heavy atom. The number of nitrogens with one attached hydrogen (secondary N) is 2. The number of benzene rings is 2. The smallest absolute Gasteiger partial charge is 0.269 e. The molecule has 3 fully saturated rings. The van der Waals surface area contributed by atoms with Crippen LogP contribution in [-0.4, -0.2) is 49.5 Å². The van der Waals surface area contributed by atoms with Crippen LogP contribution in [0.1, 0.15) is 58.8 Å². The number of aliphatic hydroxyl groups excluding tert-OH is 1. The van der Waals surface area contributed by atoms with Crippen LogP contribution in [0.25, 0.3) is 0 Å². The molecule has 13 nitrogen and oxygen atoms in total. The second-order valence-corrected chi connectivity index (χ2v) is 13.5. The van der Waals surface area contributed by atoms with Gasteiger partial charge in [0.05, 0.1) is 26.9 Å². The molecular formula is C33H38N6O7. The highest BCUT2D eigenvalue weighted by Gasteiger charge is 2.67. The zero-order chi connectivity index (χ0) is 32.9. The molecule has 0 heterocycles. The van der Waals surface area contributed by atoms with E-state index in [0.29, 0.717) is 37.1 Å². The van der Waals surface area contributed by atoms with Crippen LogP contribution in [0.15, 0.2) is 70.4 Å². The van der Waals surface area contributed by atoms with Gasteiger partial charge >= 0.3 is 0 Å². The quantitative estimate of drug-likeness (QED) is 0.212. The molecule has 0 radical (unpaired) electrons. The lowest BCUT2D eigenvalue weighted by Gasteiger charge is -2.59. The number of Topliss-reactive ketones (excluding diaryl/α,β-unsaturated/α-hetero) is 1. The average Bonchev–Trinajstić information content (AvgIpc) is 3.33. The predicted octanol–water partition coefficient (Wildman–Crippen LogP) is 5.60. The van der Waals surface area contributed by atoms with E-state index in [-0.39, 0.29) is 34.5 Å². The van der Waals surface area contributed by atoms with Gasteiger partial charge in [-0.15, -0.1) is 0 Å². The molecule has 0 bridgehead atoms. The van der Waals surface area contributed by atoms with Gasteiger partial charge in [-0.2, -0.15) is 10.2 Å².